The van der Waals surface area contributed by atoms with E-state index in [-0.39, 0.29) is 23.6 Å². The average Bonchev–Trinajstić information content (AvgIpc) is 2.75. The zero-order valence-corrected chi connectivity index (χ0v) is 17.5. The maximum absolute atomic E-state index is 13.0. The van der Waals surface area contributed by atoms with Crippen LogP contribution in [0.5, 0.6) is 11.5 Å². The number of phenolic OH excluding ortho intramolecular Hbond substituents is 1. The molecule has 29 heavy (non-hydrogen) atoms. The number of carbonyl (C=O) groups excluding carboxylic acids is 1. The SMILES string of the molecule is COc1cc([C@@H]2[C@H]3CCCC[C@@]3(O)CCN2CC(=O)N2CCCCC2)ccc1O. The molecule has 0 unspecified atom stereocenters. The van der Waals surface area contributed by atoms with Gasteiger partial charge in [0.1, 0.15) is 0 Å². The molecule has 1 aliphatic carbocycles. The van der Waals surface area contributed by atoms with Gasteiger partial charge in [-0.2, -0.15) is 0 Å². The number of nitrogens with zero attached hydrogens (tertiary/aromatic N) is 2. The molecule has 0 spiro atoms. The lowest BCUT2D eigenvalue weighted by atomic mass is 9.66. The number of piperidine rings is 2. The lowest BCUT2D eigenvalue weighted by Crippen LogP contribution is -2.56. The molecule has 3 fully saturated rings. The van der Waals surface area contributed by atoms with Crippen molar-refractivity contribution < 1.29 is 19.7 Å². The zero-order chi connectivity index (χ0) is 20.4. The van der Waals surface area contributed by atoms with Gasteiger partial charge in [-0.15, -0.1) is 0 Å². The first-order chi connectivity index (χ1) is 14.0. The van der Waals surface area contributed by atoms with Gasteiger partial charge >= 0.3 is 0 Å². The summed E-state index contributed by atoms with van der Waals surface area (Å²) in [6.07, 6.45) is 8.06. The van der Waals surface area contributed by atoms with Gasteiger partial charge in [0, 0.05) is 31.6 Å². The van der Waals surface area contributed by atoms with E-state index in [0.717, 1.165) is 63.6 Å². The summed E-state index contributed by atoms with van der Waals surface area (Å²) < 4.78 is 5.34. The highest BCUT2D eigenvalue weighted by Crippen LogP contribution is 2.50. The Morgan fingerprint density at radius 2 is 1.93 bits per heavy atom. The predicted octanol–water partition coefficient (Wildman–Crippen LogP) is 3.08. The van der Waals surface area contributed by atoms with E-state index >= 15 is 0 Å². The lowest BCUT2D eigenvalue weighted by molar-refractivity contribution is -0.145. The van der Waals surface area contributed by atoms with Crippen molar-refractivity contribution in [3.63, 3.8) is 0 Å². The van der Waals surface area contributed by atoms with E-state index < -0.39 is 5.60 Å². The largest absolute Gasteiger partial charge is 0.504 e. The summed E-state index contributed by atoms with van der Waals surface area (Å²) in [6.45, 7) is 2.82. The van der Waals surface area contributed by atoms with Gasteiger partial charge < -0.3 is 19.8 Å². The summed E-state index contributed by atoms with van der Waals surface area (Å²) in [6, 6.07) is 5.41. The lowest BCUT2D eigenvalue weighted by Gasteiger charge is -2.52. The number of hydrogen-bond donors (Lipinski definition) is 2. The Balaban J connectivity index is 1.63. The molecule has 1 aromatic carbocycles. The number of amides is 1. The Bertz CT molecular complexity index is 734. The molecule has 3 atom stereocenters. The molecule has 6 nitrogen and oxygen atoms in total. The number of methoxy groups -OCH3 is 1. The third-order valence-electron chi connectivity index (χ3n) is 7.26. The van der Waals surface area contributed by atoms with Crippen molar-refractivity contribution in [1.29, 1.82) is 0 Å². The van der Waals surface area contributed by atoms with Gasteiger partial charge in [-0.25, -0.2) is 0 Å². The second kappa shape index (κ2) is 8.52. The number of fused-ring (bicyclic) bond motifs is 1. The van der Waals surface area contributed by atoms with E-state index in [9.17, 15) is 15.0 Å². The van der Waals surface area contributed by atoms with Crippen LogP contribution in [0.4, 0.5) is 0 Å². The van der Waals surface area contributed by atoms with Gasteiger partial charge in [0.15, 0.2) is 11.5 Å². The van der Waals surface area contributed by atoms with Crippen molar-refractivity contribution in [2.24, 2.45) is 5.92 Å². The van der Waals surface area contributed by atoms with Gasteiger partial charge in [-0.1, -0.05) is 18.9 Å². The molecule has 1 amide bonds. The number of benzene rings is 1. The quantitative estimate of drug-likeness (QED) is 0.810. The monoisotopic (exact) mass is 402 g/mol. The molecule has 3 aliphatic rings. The number of likely N-dealkylation sites (tertiary alicyclic amines) is 2. The molecule has 2 aliphatic heterocycles. The van der Waals surface area contributed by atoms with Gasteiger partial charge in [0.25, 0.3) is 0 Å². The molecule has 0 aromatic heterocycles. The summed E-state index contributed by atoms with van der Waals surface area (Å²) in [4.78, 5) is 17.3. The molecule has 6 heteroatoms. The first-order valence-corrected chi connectivity index (χ1v) is 11.1. The van der Waals surface area contributed by atoms with E-state index in [2.05, 4.69) is 4.90 Å². The summed E-state index contributed by atoms with van der Waals surface area (Å²) >= 11 is 0. The Kier molecular flexibility index (Phi) is 6.02. The minimum atomic E-state index is -0.668. The highest BCUT2D eigenvalue weighted by atomic mass is 16.5. The minimum absolute atomic E-state index is 0.0442. The fraction of sp³-hybridized carbons (Fsp3) is 0.696. The van der Waals surface area contributed by atoms with Gasteiger partial charge in [-0.3, -0.25) is 9.69 Å². The zero-order valence-electron chi connectivity index (χ0n) is 17.5. The maximum Gasteiger partial charge on any atom is 0.236 e. The highest BCUT2D eigenvalue weighted by molar-refractivity contribution is 5.78. The van der Waals surface area contributed by atoms with Crippen LogP contribution in [-0.4, -0.2) is 64.8 Å². The highest BCUT2D eigenvalue weighted by Gasteiger charge is 2.49. The van der Waals surface area contributed by atoms with E-state index in [1.807, 2.05) is 17.0 Å². The normalized spacial score (nSPS) is 30.6. The molecule has 1 saturated carbocycles. The molecule has 0 radical (unpaired) electrons. The Labute approximate surface area is 173 Å². The number of hydrogen-bond acceptors (Lipinski definition) is 5. The molecule has 4 rings (SSSR count). The van der Waals surface area contributed by atoms with Crippen LogP contribution in [0.2, 0.25) is 0 Å². The number of carbonyl (C=O) groups is 1. The van der Waals surface area contributed by atoms with E-state index in [1.54, 1.807) is 13.2 Å². The Morgan fingerprint density at radius 3 is 2.69 bits per heavy atom. The summed E-state index contributed by atoms with van der Waals surface area (Å²) in [5, 5.41) is 21.5. The molecule has 0 bridgehead atoms. The van der Waals surface area contributed by atoms with Crippen molar-refractivity contribution in [2.45, 2.75) is 63.0 Å². The van der Waals surface area contributed by atoms with Crippen LogP contribution in [0.15, 0.2) is 18.2 Å². The van der Waals surface area contributed by atoms with Gasteiger partial charge in [0.2, 0.25) is 5.91 Å². The van der Waals surface area contributed by atoms with Crippen molar-refractivity contribution in [2.75, 3.05) is 33.3 Å². The summed E-state index contributed by atoms with van der Waals surface area (Å²) in [5.74, 6) is 0.840. The Hall–Kier alpha value is -1.79. The fourth-order valence-electron chi connectivity index (χ4n) is 5.66. The molecule has 2 saturated heterocycles. The number of phenols is 1. The molecule has 2 heterocycles. The second-order valence-electron chi connectivity index (χ2n) is 8.99. The summed E-state index contributed by atoms with van der Waals surface area (Å²) in [7, 11) is 1.55. The number of ether oxygens (including phenoxy) is 1. The van der Waals surface area contributed by atoms with E-state index in [4.69, 9.17) is 4.74 Å². The first-order valence-electron chi connectivity index (χ1n) is 11.1. The minimum Gasteiger partial charge on any atom is -0.504 e. The van der Waals surface area contributed by atoms with E-state index in [0.29, 0.717) is 18.8 Å². The van der Waals surface area contributed by atoms with Crippen LogP contribution >= 0.6 is 0 Å². The molecule has 2 N–H and O–H groups in total. The fourth-order valence-corrected chi connectivity index (χ4v) is 5.66. The smallest absolute Gasteiger partial charge is 0.236 e. The van der Waals surface area contributed by atoms with Crippen LogP contribution in [0.25, 0.3) is 0 Å². The maximum atomic E-state index is 13.0. The standard InChI is InChI=1S/C23H34N2O4/c1-29-20-15-17(8-9-19(20)26)22-18-7-3-4-10-23(18,28)11-14-25(22)16-21(27)24-12-5-2-6-13-24/h8-9,15,18,22,26,28H,2-7,10-14,16H2,1H3/t18-,22-,23-/m1/s1. The first kappa shape index (κ1) is 20.5. The van der Waals surface area contributed by atoms with Crippen LogP contribution in [-0.2, 0) is 4.79 Å². The van der Waals surface area contributed by atoms with Crippen LogP contribution in [0, 0.1) is 5.92 Å². The number of rotatable bonds is 4. The molecular formula is C23H34N2O4. The number of aliphatic hydroxyl groups is 1. The third kappa shape index (κ3) is 4.10. The predicted molar refractivity (Wildman–Crippen MR) is 111 cm³/mol. The number of aromatic hydroxyl groups is 1. The van der Waals surface area contributed by atoms with Gasteiger partial charge in [-0.05, 0) is 56.2 Å². The van der Waals surface area contributed by atoms with Crippen molar-refractivity contribution in [1.82, 2.24) is 9.80 Å². The average molecular weight is 403 g/mol. The topological polar surface area (TPSA) is 73.2 Å². The van der Waals surface area contributed by atoms with Crippen molar-refractivity contribution >= 4 is 5.91 Å². The Morgan fingerprint density at radius 1 is 1.14 bits per heavy atom. The van der Waals surface area contributed by atoms with Crippen molar-refractivity contribution in [3.05, 3.63) is 23.8 Å². The van der Waals surface area contributed by atoms with Crippen molar-refractivity contribution in [3.8, 4) is 11.5 Å². The van der Waals surface area contributed by atoms with Gasteiger partial charge in [0.05, 0.1) is 19.3 Å². The molecular weight excluding hydrogens is 368 g/mol. The van der Waals surface area contributed by atoms with E-state index in [1.165, 1.54) is 6.42 Å². The second-order valence-corrected chi connectivity index (χ2v) is 8.99. The van der Waals surface area contributed by atoms with Crippen LogP contribution in [0.3, 0.4) is 0 Å². The van der Waals surface area contributed by atoms with Crippen LogP contribution < -0.4 is 4.74 Å². The molecule has 160 valence electrons. The third-order valence-corrected chi connectivity index (χ3v) is 7.26. The van der Waals surface area contributed by atoms with Crippen LogP contribution in [0.1, 0.15) is 63.0 Å². The summed E-state index contributed by atoms with van der Waals surface area (Å²) in [5.41, 5.74) is 0.342. The molecule has 1 aromatic rings.